The smallest absolute Gasteiger partial charge is 0.232 e. The lowest BCUT2D eigenvalue weighted by molar-refractivity contribution is -0.123. The maximum atomic E-state index is 12.6. The molecule has 7 N–H and O–H groups in total. The summed E-state index contributed by atoms with van der Waals surface area (Å²) in [6, 6.07) is 32.8. The van der Waals surface area contributed by atoms with Crippen molar-refractivity contribution in [1.82, 2.24) is 5.32 Å². The average Bonchev–Trinajstić information content (AvgIpc) is 3.47. The summed E-state index contributed by atoms with van der Waals surface area (Å²) in [6.07, 6.45) is 3.07. The number of hydrogen-bond donors (Lipinski definition) is 4. The molecule has 222 valence electrons. The SMILES string of the molecule is CC(C)NCCCC1(C(N)=O)c2ccccc2-c2ccccc21.NCCCC1(C(N)=O)c2ccccc2-c2ccccc21. The molecule has 2 amide bonds. The normalized spacial score (nSPS) is 14.6. The van der Waals surface area contributed by atoms with Crippen LogP contribution in [0.2, 0.25) is 0 Å². The Hall–Kier alpha value is -4.26. The van der Waals surface area contributed by atoms with E-state index in [1.165, 1.54) is 0 Å². The molecule has 2 aliphatic rings. The lowest BCUT2D eigenvalue weighted by Crippen LogP contribution is -2.41. The van der Waals surface area contributed by atoms with Crippen molar-refractivity contribution in [3.8, 4) is 22.3 Å². The Morgan fingerprint density at radius 1 is 0.605 bits per heavy atom. The molecule has 0 aliphatic heterocycles. The first kappa shape index (κ1) is 30.2. The second kappa shape index (κ2) is 12.5. The maximum Gasteiger partial charge on any atom is 0.232 e. The standard InChI is InChI=1S/C20H24N2O.C17H18N2O/c1-14(2)22-13-7-12-20(19(21)23)17-10-5-3-8-15(17)16-9-4-6-11-18(16)20;18-11-5-10-17(16(19)20)14-8-3-1-6-12(14)13-7-2-4-9-15(13)17/h3-6,8-11,14,22H,7,12-13H2,1-2H3,(H2,21,23);1-4,6-9H,5,10-11,18H2,(H2,19,20). The first-order valence-corrected chi connectivity index (χ1v) is 15.2. The molecule has 4 aromatic rings. The fourth-order valence-corrected chi connectivity index (χ4v) is 7.08. The summed E-state index contributed by atoms with van der Waals surface area (Å²) in [4.78, 5) is 24.9. The van der Waals surface area contributed by atoms with Crippen molar-refractivity contribution in [1.29, 1.82) is 0 Å². The highest BCUT2D eigenvalue weighted by Gasteiger charge is 2.48. The largest absolute Gasteiger partial charge is 0.369 e. The van der Waals surface area contributed by atoms with Gasteiger partial charge in [0.1, 0.15) is 0 Å². The van der Waals surface area contributed by atoms with Gasteiger partial charge in [-0.2, -0.15) is 0 Å². The molecule has 6 heteroatoms. The molecule has 0 heterocycles. The number of rotatable bonds is 10. The Morgan fingerprint density at radius 2 is 0.930 bits per heavy atom. The molecular formula is C37H42N4O2. The van der Waals surface area contributed by atoms with Gasteiger partial charge >= 0.3 is 0 Å². The highest BCUT2D eigenvalue weighted by atomic mass is 16.1. The molecule has 0 unspecified atom stereocenters. The summed E-state index contributed by atoms with van der Waals surface area (Å²) in [6.45, 7) is 5.70. The van der Waals surface area contributed by atoms with Gasteiger partial charge in [0, 0.05) is 6.04 Å². The molecule has 43 heavy (non-hydrogen) atoms. The number of amides is 2. The van der Waals surface area contributed by atoms with Gasteiger partial charge < -0.3 is 22.5 Å². The van der Waals surface area contributed by atoms with Crippen molar-refractivity contribution >= 4 is 11.8 Å². The second-order valence-electron chi connectivity index (χ2n) is 11.8. The van der Waals surface area contributed by atoms with E-state index in [1.54, 1.807) is 0 Å². The molecule has 0 aromatic heterocycles. The van der Waals surface area contributed by atoms with Gasteiger partial charge in [-0.05, 0) is 83.3 Å². The van der Waals surface area contributed by atoms with E-state index in [-0.39, 0.29) is 11.8 Å². The predicted molar refractivity (Wildman–Crippen MR) is 174 cm³/mol. The fourth-order valence-electron chi connectivity index (χ4n) is 7.08. The van der Waals surface area contributed by atoms with E-state index >= 15 is 0 Å². The van der Waals surface area contributed by atoms with Gasteiger partial charge in [-0.25, -0.2) is 0 Å². The van der Waals surface area contributed by atoms with E-state index in [4.69, 9.17) is 17.2 Å². The fraction of sp³-hybridized carbons (Fsp3) is 0.297. The molecule has 6 nitrogen and oxygen atoms in total. The molecule has 0 radical (unpaired) electrons. The predicted octanol–water partition coefficient (Wildman–Crippen LogP) is 5.39. The van der Waals surface area contributed by atoms with Crippen LogP contribution in [0, 0.1) is 0 Å². The van der Waals surface area contributed by atoms with Crippen LogP contribution in [-0.2, 0) is 20.4 Å². The van der Waals surface area contributed by atoms with E-state index in [1.807, 2.05) is 60.7 Å². The molecule has 6 rings (SSSR count). The van der Waals surface area contributed by atoms with Crippen LogP contribution in [-0.4, -0.2) is 30.9 Å². The number of primary amides is 2. The van der Waals surface area contributed by atoms with Gasteiger partial charge in [0.15, 0.2) is 0 Å². The van der Waals surface area contributed by atoms with Crippen molar-refractivity contribution in [2.45, 2.75) is 56.4 Å². The molecule has 0 saturated carbocycles. The molecule has 4 aromatic carbocycles. The third-order valence-corrected chi connectivity index (χ3v) is 9.01. The third-order valence-electron chi connectivity index (χ3n) is 9.01. The number of carbonyl (C=O) groups excluding carboxylic acids is 2. The molecule has 2 aliphatic carbocycles. The number of nitrogens with one attached hydrogen (secondary N) is 1. The number of hydrogen-bond acceptors (Lipinski definition) is 4. The van der Waals surface area contributed by atoms with Gasteiger partial charge in [-0.1, -0.05) is 111 Å². The summed E-state index contributed by atoms with van der Waals surface area (Å²) >= 11 is 0. The summed E-state index contributed by atoms with van der Waals surface area (Å²) in [5, 5.41) is 3.42. The molecule has 0 saturated heterocycles. The minimum atomic E-state index is -0.730. The molecule has 0 atom stereocenters. The van der Waals surface area contributed by atoms with Crippen LogP contribution in [0.4, 0.5) is 0 Å². The van der Waals surface area contributed by atoms with Crippen LogP contribution < -0.4 is 22.5 Å². The van der Waals surface area contributed by atoms with Crippen LogP contribution in [0.3, 0.4) is 0 Å². The first-order chi connectivity index (χ1) is 20.8. The quantitative estimate of drug-likeness (QED) is 0.190. The maximum absolute atomic E-state index is 12.6. The lowest BCUT2D eigenvalue weighted by Gasteiger charge is -2.29. The van der Waals surface area contributed by atoms with Crippen LogP contribution in [0.15, 0.2) is 97.1 Å². The minimum absolute atomic E-state index is 0.251. The van der Waals surface area contributed by atoms with E-state index in [0.717, 1.165) is 70.3 Å². The Labute approximate surface area is 254 Å². The summed E-state index contributed by atoms with van der Waals surface area (Å²) in [5.41, 5.74) is 24.6. The number of fused-ring (bicyclic) bond motifs is 6. The summed E-state index contributed by atoms with van der Waals surface area (Å²) < 4.78 is 0. The van der Waals surface area contributed by atoms with Gasteiger partial charge in [0.05, 0.1) is 10.8 Å². The van der Waals surface area contributed by atoms with Gasteiger partial charge in [-0.15, -0.1) is 0 Å². The molecule has 0 spiro atoms. The summed E-state index contributed by atoms with van der Waals surface area (Å²) in [5.74, 6) is -0.539. The minimum Gasteiger partial charge on any atom is -0.369 e. The van der Waals surface area contributed by atoms with Gasteiger partial charge in [-0.3, -0.25) is 9.59 Å². The third kappa shape index (κ3) is 5.15. The molecular weight excluding hydrogens is 532 g/mol. The van der Waals surface area contributed by atoms with Crippen LogP contribution in [0.5, 0.6) is 0 Å². The van der Waals surface area contributed by atoms with E-state index in [9.17, 15) is 9.59 Å². The van der Waals surface area contributed by atoms with Crippen molar-refractivity contribution in [2.24, 2.45) is 17.2 Å². The first-order valence-electron chi connectivity index (χ1n) is 15.2. The number of carbonyl (C=O) groups is 2. The Morgan fingerprint density at radius 3 is 1.23 bits per heavy atom. The Balaban J connectivity index is 0.000000173. The Kier molecular flexibility index (Phi) is 8.81. The van der Waals surface area contributed by atoms with E-state index in [2.05, 4.69) is 55.6 Å². The van der Waals surface area contributed by atoms with E-state index in [0.29, 0.717) is 19.0 Å². The van der Waals surface area contributed by atoms with Gasteiger partial charge in [0.25, 0.3) is 0 Å². The van der Waals surface area contributed by atoms with Crippen molar-refractivity contribution < 1.29 is 9.59 Å². The highest BCUT2D eigenvalue weighted by Crippen LogP contribution is 2.52. The topological polar surface area (TPSA) is 124 Å². The van der Waals surface area contributed by atoms with Crippen LogP contribution in [0.1, 0.15) is 61.8 Å². The lowest BCUT2D eigenvalue weighted by atomic mass is 9.74. The average molecular weight is 575 g/mol. The van der Waals surface area contributed by atoms with Crippen molar-refractivity contribution in [3.05, 3.63) is 119 Å². The van der Waals surface area contributed by atoms with Crippen LogP contribution >= 0.6 is 0 Å². The number of nitrogens with two attached hydrogens (primary N) is 3. The zero-order valence-corrected chi connectivity index (χ0v) is 25.1. The second-order valence-corrected chi connectivity index (χ2v) is 11.8. The van der Waals surface area contributed by atoms with Crippen LogP contribution in [0.25, 0.3) is 22.3 Å². The highest BCUT2D eigenvalue weighted by molar-refractivity contribution is 6.00. The Bertz CT molecular complexity index is 1540. The van der Waals surface area contributed by atoms with Crippen molar-refractivity contribution in [3.63, 3.8) is 0 Å². The molecule has 0 bridgehead atoms. The monoisotopic (exact) mass is 574 g/mol. The zero-order chi connectivity index (χ0) is 30.6. The number of benzene rings is 4. The van der Waals surface area contributed by atoms with Gasteiger partial charge in [0.2, 0.25) is 11.8 Å². The molecule has 0 fully saturated rings. The summed E-state index contributed by atoms with van der Waals surface area (Å²) in [7, 11) is 0. The zero-order valence-electron chi connectivity index (χ0n) is 25.1. The van der Waals surface area contributed by atoms with Crippen molar-refractivity contribution in [2.75, 3.05) is 13.1 Å². The van der Waals surface area contributed by atoms with E-state index < -0.39 is 10.8 Å².